The minimum Gasteiger partial charge on any atom is -0.392 e. The average molecular weight is 217 g/mol. The highest BCUT2D eigenvalue weighted by Gasteiger charge is 2.30. The molecule has 0 radical (unpaired) electrons. The topological polar surface area (TPSA) is 32.3 Å². The molecular formula is C14H19NO. The number of aliphatic hydroxyl groups excluding tert-OH is 1. The molecule has 2 N–H and O–H groups in total. The summed E-state index contributed by atoms with van der Waals surface area (Å²) in [5.74, 6) is 0. The molecule has 86 valence electrons. The van der Waals surface area contributed by atoms with E-state index >= 15 is 0 Å². The minimum atomic E-state index is -0.132. The van der Waals surface area contributed by atoms with Crippen molar-refractivity contribution >= 4 is 0 Å². The molecule has 0 saturated heterocycles. The summed E-state index contributed by atoms with van der Waals surface area (Å²) in [5.41, 5.74) is 2.93. The monoisotopic (exact) mass is 217 g/mol. The van der Waals surface area contributed by atoms with Gasteiger partial charge in [-0.25, -0.2) is 0 Å². The molecule has 0 amide bonds. The van der Waals surface area contributed by atoms with Crippen LogP contribution in [0.4, 0.5) is 0 Å². The quantitative estimate of drug-likeness (QED) is 0.795. The van der Waals surface area contributed by atoms with Gasteiger partial charge in [-0.05, 0) is 43.2 Å². The van der Waals surface area contributed by atoms with E-state index in [4.69, 9.17) is 0 Å². The third-order valence-corrected chi connectivity index (χ3v) is 4.03. The van der Waals surface area contributed by atoms with Crippen molar-refractivity contribution in [2.24, 2.45) is 0 Å². The Morgan fingerprint density at radius 2 is 2.00 bits per heavy atom. The molecule has 2 nitrogen and oxygen atoms in total. The largest absolute Gasteiger partial charge is 0.392 e. The van der Waals surface area contributed by atoms with Crippen LogP contribution in [0.1, 0.15) is 42.9 Å². The zero-order valence-electron chi connectivity index (χ0n) is 9.52. The number of aliphatic hydroxyl groups is 1. The zero-order valence-corrected chi connectivity index (χ0v) is 9.52. The van der Waals surface area contributed by atoms with Gasteiger partial charge in [0.15, 0.2) is 0 Å². The number of aryl methyl sites for hydroxylation is 1. The number of hydrogen-bond donors (Lipinski definition) is 2. The molecule has 1 aromatic carbocycles. The Morgan fingerprint density at radius 3 is 2.81 bits per heavy atom. The van der Waals surface area contributed by atoms with Crippen LogP contribution < -0.4 is 5.32 Å². The van der Waals surface area contributed by atoms with Crippen molar-refractivity contribution in [1.29, 1.82) is 0 Å². The number of hydrogen-bond acceptors (Lipinski definition) is 2. The molecule has 0 spiro atoms. The van der Waals surface area contributed by atoms with Crippen LogP contribution in [0.15, 0.2) is 24.3 Å². The van der Waals surface area contributed by atoms with Crippen LogP contribution in [-0.2, 0) is 6.42 Å². The molecule has 2 aliphatic carbocycles. The summed E-state index contributed by atoms with van der Waals surface area (Å²) in [7, 11) is 0. The highest BCUT2D eigenvalue weighted by molar-refractivity contribution is 5.34. The number of fused-ring (bicyclic) bond motifs is 1. The summed E-state index contributed by atoms with van der Waals surface area (Å²) >= 11 is 0. The SMILES string of the molecule is OC1CCCC1NC1CCc2ccccc21. The van der Waals surface area contributed by atoms with Gasteiger partial charge in [-0.3, -0.25) is 0 Å². The fraction of sp³-hybridized carbons (Fsp3) is 0.571. The lowest BCUT2D eigenvalue weighted by Gasteiger charge is -2.22. The number of nitrogens with one attached hydrogen (secondary N) is 1. The van der Waals surface area contributed by atoms with Gasteiger partial charge >= 0.3 is 0 Å². The van der Waals surface area contributed by atoms with Gasteiger partial charge in [-0.2, -0.15) is 0 Å². The molecule has 2 aliphatic rings. The first-order valence-corrected chi connectivity index (χ1v) is 6.36. The summed E-state index contributed by atoms with van der Waals surface area (Å²) in [6, 6.07) is 9.46. The molecule has 1 aromatic rings. The van der Waals surface area contributed by atoms with Crippen LogP contribution in [0.5, 0.6) is 0 Å². The second-order valence-corrected chi connectivity index (χ2v) is 5.06. The number of rotatable bonds is 2. The smallest absolute Gasteiger partial charge is 0.0693 e. The highest BCUT2D eigenvalue weighted by atomic mass is 16.3. The summed E-state index contributed by atoms with van der Waals surface area (Å²) in [5, 5.41) is 13.5. The first-order valence-electron chi connectivity index (χ1n) is 6.36. The fourth-order valence-electron chi connectivity index (χ4n) is 3.12. The van der Waals surface area contributed by atoms with E-state index in [9.17, 15) is 5.11 Å². The second-order valence-electron chi connectivity index (χ2n) is 5.06. The van der Waals surface area contributed by atoms with E-state index in [1.807, 2.05) is 0 Å². The Balaban J connectivity index is 1.73. The maximum Gasteiger partial charge on any atom is 0.0693 e. The molecule has 3 atom stereocenters. The van der Waals surface area contributed by atoms with E-state index in [-0.39, 0.29) is 6.10 Å². The Kier molecular flexibility index (Phi) is 2.70. The lowest BCUT2D eigenvalue weighted by Crippen LogP contribution is -2.37. The molecule has 1 saturated carbocycles. The molecule has 16 heavy (non-hydrogen) atoms. The van der Waals surface area contributed by atoms with Crippen molar-refractivity contribution < 1.29 is 5.11 Å². The van der Waals surface area contributed by atoms with Gasteiger partial charge in [-0.1, -0.05) is 24.3 Å². The van der Waals surface area contributed by atoms with Crippen LogP contribution in [0.2, 0.25) is 0 Å². The van der Waals surface area contributed by atoms with Crippen molar-refractivity contribution in [3.63, 3.8) is 0 Å². The van der Waals surface area contributed by atoms with Gasteiger partial charge in [-0.15, -0.1) is 0 Å². The lowest BCUT2D eigenvalue weighted by molar-refractivity contribution is 0.143. The van der Waals surface area contributed by atoms with Crippen LogP contribution in [0.3, 0.4) is 0 Å². The normalized spacial score (nSPS) is 32.9. The van der Waals surface area contributed by atoms with Gasteiger partial charge in [0.2, 0.25) is 0 Å². The Morgan fingerprint density at radius 1 is 1.12 bits per heavy atom. The van der Waals surface area contributed by atoms with E-state index in [0.29, 0.717) is 12.1 Å². The van der Waals surface area contributed by atoms with E-state index in [0.717, 1.165) is 19.3 Å². The first-order chi connectivity index (χ1) is 7.84. The predicted octanol–water partition coefficient (Wildman–Crippen LogP) is 2.18. The zero-order chi connectivity index (χ0) is 11.0. The van der Waals surface area contributed by atoms with Crippen molar-refractivity contribution in [3.8, 4) is 0 Å². The third kappa shape index (κ3) is 1.76. The van der Waals surface area contributed by atoms with Crippen molar-refractivity contribution in [2.75, 3.05) is 0 Å². The van der Waals surface area contributed by atoms with E-state index in [1.54, 1.807) is 0 Å². The maximum atomic E-state index is 9.83. The molecule has 3 unspecified atom stereocenters. The lowest BCUT2D eigenvalue weighted by atomic mass is 10.1. The summed E-state index contributed by atoms with van der Waals surface area (Å²) in [6.45, 7) is 0. The van der Waals surface area contributed by atoms with Gasteiger partial charge < -0.3 is 10.4 Å². The van der Waals surface area contributed by atoms with Crippen molar-refractivity contribution in [3.05, 3.63) is 35.4 Å². The summed E-state index contributed by atoms with van der Waals surface area (Å²) < 4.78 is 0. The van der Waals surface area contributed by atoms with Crippen molar-refractivity contribution in [1.82, 2.24) is 5.32 Å². The van der Waals surface area contributed by atoms with Crippen LogP contribution in [0, 0.1) is 0 Å². The average Bonchev–Trinajstić information content (AvgIpc) is 2.88. The van der Waals surface area contributed by atoms with Gasteiger partial charge in [0.1, 0.15) is 0 Å². The molecular weight excluding hydrogens is 198 g/mol. The third-order valence-electron chi connectivity index (χ3n) is 4.03. The van der Waals surface area contributed by atoms with Gasteiger partial charge in [0.05, 0.1) is 6.10 Å². The second kappa shape index (κ2) is 4.19. The standard InChI is InChI=1S/C14H19NO/c16-14-7-3-6-13(14)15-12-9-8-10-4-1-2-5-11(10)12/h1-2,4-5,12-16H,3,6-9H2. The molecule has 0 aliphatic heterocycles. The first kappa shape index (κ1) is 10.3. The van der Waals surface area contributed by atoms with Gasteiger partial charge in [0, 0.05) is 12.1 Å². The molecule has 2 heteroatoms. The van der Waals surface area contributed by atoms with Crippen LogP contribution in [0.25, 0.3) is 0 Å². The molecule has 0 bridgehead atoms. The predicted molar refractivity (Wildman–Crippen MR) is 64.3 cm³/mol. The maximum absolute atomic E-state index is 9.83. The molecule has 1 fully saturated rings. The molecule has 0 aromatic heterocycles. The Bertz CT molecular complexity index is 377. The minimum absolute atomic E-state index is 0.132. The van der Waals surface area contributed by atoms with E-state index in [2.05, 4.69) is 29.6 Å². The van der Waals surface area contributed by atoms with Gasteiger partial charge in [0.25, 0.3) is 0 Å². The Labute approximate surface area is 96.7 Å². The highest BCUT2D eigenvalue weighted by Crippen LogP contribution is 2.32. The van der Waals surface area contributed by atoms with E-state index < -0.39 is 0 Å². The van der Waals surface area contributed by atoms with Crippen LogP contribution in [-0.4, -0.2) is 17.3 Å². The van der Waals surface area contributed by atoms with Crippen molar-refractivity contribution in [2.45, 2.75) is 50.3 Å². The summed E-state index contributed by atoms with van der Waals surface area (Å²) in [6.07, 6.45) is 5.48. The molecule has 0 heterocycles. The summed E-state index contributed by atoms with van der Waals surface area (Å²) in [4.78, 5) is 0. The van der Waals surface area contributed by atoms with E-state index in [1.165, 1.54) is 24.0 Å². The molecule has 3 rings (SSSR count). The fourth-order valence-corrected chi connectivity index (χ4v) is 3.12. The Hall–Kier alpha value is -0.860. The van der Waals surface area contributed by atoms with Crippen LogP contribution >= 0.6 is 0 Å². The number of benzene rings is 1.